The van der Waals surface area contributed by atoms with Crippen molar-refractivity contribution in [2.24, 2.45) is 5.73 Å². The van der Waals surface area contributed by atoms with Crippen LogP contribution < -0.4 is 11.1 Å². The van der Waals surface area contributed by atoms with Gasteiger partial charge in [-0.1, -0.05) is 12.1 Å². The van der Waals surface area contributed by atoms with Crippen LogP contribution >= 0.6 is 0 Å². The first-order valence-electron chi connectivity index (χ1n) is 6.12. The molecule has 1 heterocycles. The van der Waals surface area contributed by atoms with Crippen LogP contribution in [0.3, 0.4) is 0 Å². The lowest BCUT2D eigenvalue weighted by Gasteiger charge is -2.09. The van der Waals surface area contributed by atoms with Crippen LogP contribution in [0.15, 0.2) is 36.5 Å². The van der Waals surface area contributed by atoms with Gasteiger partial charge in [-0.2, -0.15) is 0 Å². The number of carbonyl (C=O) groups excluding carboxylic acids is 2. The van der Waals surface area contributed by atoms with Gasteiger partial charge >= 0.3 is 6.03 Å². The van der Waals surface area contributed by atoms with Crippen molar-refractivity contribution >= 4 is 17.5 Å². The molecule has 5 heteroatoms. The summed E-state index contributed by atoms with van der Waals surface area (Å²) in [6.45, 7) is 3.44. The van der Waals surface area contributed by atoms with Crippen molar-refractivity contribution in [2.75, 3.05) is 5.32 Å². The number of ketones is 1. The van der Waals surface area contributed by atoms with E-state index in [1.165, 1.54) is 6.92 Å². The Morgan fingerprint density at radius 3 is 2.50 bits per heavy atom. The van der Waals surface area contributed by atoms with Crippen LogP contribution in [0.1, 0.15) is 23.0 Å². The average molecular weight is 269 g/mol. The summed E-state index contributed by atoms with van der Waals surface area (Å²) < 4.78 is 0. The molecule has 0 aliphatic carbocycles. The van der Waals surface area contributed by atoms with Crippen molar-refractivity contribution in [1.82, 2.24) is 4.98 Å². The van der Waals surface area contributed by atoms with E-state index in [1.807, 2.05) is 25.1 Å². The van der Waals surface area contributed by atoms with Crippen molar-refractivity contribution in [2.45, 2.75) is 13.8 Å². The molecule has 0 saturated carbocycles. The summed E-state index contributed by atoms with van der Waals surface area (Å²) in [4.78, 5) is 26.2. The second-order valence-electron chi connectivity index (χ2n) is 4.51. The summed E-state index contributed by atoms with van der Waals surface area (Å²) >= 11 is 0. The second-order valence-corrected chi connectivity index (χ2v) is 4.51. The summed E-state index contributed by atoms with van der Waals surface area (Å²) in [7, 11) is 0. The first-order valence-corrected chi connectivity index (χ1v) is 6.12. The molecule has 3 N–H and O–H groups in total. The number of primary amides is 1. The lowest BCUT2D eigenvalue weighted by Crippen LogP contribution is -2.19. The molecule has 0 saturated heterocycles. The van der Waals surface area contributed by atoms with Crippen LogP contribution in [-0.2, 0) is 0 Å². The molecule has 2 rings (SSSR count). The topological polar surface area (TPSA) is 85.1 Å². The molecular formula is C15H15N3O2. The van der Waals surface area contributed by atoms with Crippen molar-refractivity contribution in [3.63, 3.8) is 0 Å². The second kappa shape index (κ2) is 5.52. The Labute approximate surface area is 116 Å². The lowest BCUT2D eigenvalue weighted by molar-refractivity contribution is 0.101. The molecular weight excluding hydrogens is 254 g/mol. The molecule has 102 valence electrons. The molecule has 5 nitrogen and oxygen atoms in total. The molecule has 0 bridgehead atoms. The van der Waals surface area contributed by atoms with Crippen LogP contribution in [0.2, 0.25) is 0 Å². The minimum Gasteiger partial charge on any atom is -0.351 e. The van der Waals surface area contributed by atoms with Crippen molar-refractivity contribution in [1.29, 1.82) is 0 Å². The molecule has 0 fully saturated rings. The highest BCUT2D eigenvalue weighted by molar-refractivity contribution is 5.92. The Balaban J connectivity index is 2.40. The Hall–Kier alpha value is -2.69. The van der Waals surface area contributed by atoms with Gasteiger partial charge in [0.15, 0.2) is 5.78 Å². The number of hydrogen-bond donors (Lipinski definition) is 2. The van der Waals surface area contributed by atoms with Gasteiger partial charge in [-0.3, -0.25) is 9.78 Å². The van der Waals surface area contributed by atoms with Gasteiger partial charge in [-0.15, -0.1) is 0 Å². The molecule has 20 heavy (non-hydrogen) atoms. The Bertz CT molecular complexity index is 663. The van der Waals surface area contributed by atoms with E-state index in [0.29, 0.717) is 11.4 Å². The van der Waals surface area contributed by atoms with Gasteiger partial charge in [0.2, 0.25) is 0 Å². The number of aromatic nitrogens is 1. The number of anilines is 1. The van der Waals surface area contributed by atoms with Crippen LogP contribution in [0.4, 0.5) is 10.5 Å². The van der Waals surface area contributed by atoms with Crippen molar-refractivity contribution in [3.8, 4) is 11.1 Å². The summed E-state index contributed by atoms with van der Waals surface area (Å²) in [6, 6.07) is 8.40. The number of amides is 2. The van der Waals surface area contributed by atoms with E-state index in [-0.39, 0.29) is 5.78 Å². The van der Waals surface area contributed by atoms with E-state index in [1.54, 1.807) is 18.3 Å². The largest absolute Gasteiger partial charge is 0.351 e. The average Bonchev–Trinajstić information content (AvgIpc) is 2.40. The molecule has 0 radical (unpaired) electrons. The summed E-state index contributed by atoms with van der Waals surface area (Å²) in [5.74, 6) is -0.0718. The number of pyridine rings is 1. The third kappa shape index (κ3) is 3.00. The third-order valence-corrected chi connectivity index (χ3v) is 2.94. The number of Topliss-reactive ketones (excluding diaryl/α,β-unsaturated/α-hetero) is 1. The van der Waals surface area contributed by atoms with E-state index in [9.17, 15) is 9.59 Å². The van der Waals surface area contributed by atoms with Crippen molar-refractivity contribution in [3.05, 3.63) is 47.8 Å². The van der Waals surface area contributed by atoms with E-state index >= 15 is 0 Å². The van der Waals surface area contributed by atoms with E-state index in [2.05, 4.69) is 10.3 Å². The molecule has 0 spiro atoms. The highest BCUT2D eigenvalue weighted by Crippen LogP contribution is 2.26. The van der Waals surface area contributed by atoms with Gasteiger partial charge in [0.05, 0.1) is 0 Å². The first-order chi connectivity index (χ1) is 9.47. The Morgan fingerprint density at radius 1 is 1.20 bits per heavy atom. The number of benzene rings is 1. The third-order valence-electron chi connectivity index (χ3n) is 2.94. The minimum atomic E-state index is -0.607. The smallest absolute Gasteiger partial charge is 0.316 e. The van der Waals surface area contributed by atoms with E-state index in [4.69, 9.17) is 5.73 Å². The maximum absolute atomic E-state index is 11.2. The number of nitrogens with one attached hydrogen (secondary N) is 1. The number of rotatable bonds is 3. The number of hydrogen-bond acceptors (Lipinski definition) is 3. The van der Waals surface area contributed by atoms with E-state index in [0.717, 1.165) is 16.7 Å². The minimum absolute atomic E-state index is 0.0718. The fourth-order valence-electron chi connectivity index (χ4n) is 1.91. The predicted octanol–water partition coefficient (Wildman–Crippen LogP) is 2.75. The van der Waals surface area contributed by atoms with Gasteiger partial charge in [0.1, 0.15) is 5.69 Å². The fourth-order valence-corrected chi connectivity index (χ4v) is 1.91. The molecule has 1 aromatic carbocycles. The normalized spacial score (nSPS) is 10.1. The summed E-state index contributed by atoms with van der Waals surface area (Å²) in [5.41, 5.74) is 9.00. The molecule has 0 unspecified atom stereocenters. The molecule has 2 aromatic rings. The first kappa shape index (κ1) is 13.7. The zero-order chi connectivity index (χ0) is 14.7. The zero-order valence-electron chi connectivity index (χ0n) is 11.3. The summed E-state index contributed by atoms with van der Waals surface area (Å²) in [5, 5.41) is 2.54. The van der Waals surface area contributed by atoms with Crippen LogP contribution in [0, 0.1) is 6.92 Å². The zero-order valence-corrected chi connectivity index (χ0v) is 11.3. The highest BCUT2D eigenvalue weighted by Gasteiger charge is 2.07. The van der Waals surface area contributed by atoms with Gasteiger partial charge < -0.3 is 11.1 Å². The molecule has 0 atom stereocenters. The number of nitrogens with zero attached hydrogens (tertiary/aromatic N) is 1. The number of carbonyl (C=O) groups is 2. The van der Waals surface area contributed by atoms with E-state index < -0.39 is 6.03 Å². The quantitative estimate of drug-likeness (QED) is 0.840. The van der Waals surface area contributed by atoms with Crippen LogP contribution in [0.25, 0.3) is 11.1 Å². The predicted molar refractivity (Wildman–Crippen MR) is 77.6 cm³/mol. The van der Waals surface area contributed by atoms with Crippen LogP contribution in [-0.4, -0.2) is 16.8 Å². The molecule has 0 aliphatic heterocycles. The fraction of sp³-hybridized carbons (Fsp3) is 0.133. The Morgan fingerprint density at radius 2 is 1.95 bits per heavy atom. The van der Waals surface area contributed by atoms with Gasteiger partial charge in [0.25, 0.3) is 0 Å². The maximum Gasteiger partial charge on any atom is 0.316 e. The lowest BCUT2D eigenvalue weighted by atomic mass is 10.0. The van der Waals surface area contributed by atoms with Crippen LogP contribution in [0.5, 0.6) is 0 Å². The molecule has 1 aromatic heterocycles. The van der Waals surface area contributed by atoms with Gasteiger partial charge in [0, 0.05) is 24.4 Å². The standard InChI is InChI=1S/C15H15N3O2/c1-9-3-5-12(18-15(16)20)7-13(9)11-4-6-14(10(2)19)17-8-11/h3-8H,1-2H3,(H3,16,18,20). The van der Waals surface area contributed by atoms with Gasteiger partial charge in [-0.05, 0) is 36.2 Å². The number of nitrogens with two attached hydrogens (primary N) is 1. The number of aryl methyl sites for hydroxylation is 1. The monoisotopic (exact) mass is 269 g/mol. The Kier molecular flexibility index (Phi) is 3.79. The molecule has 2 amide bonds. The van der Waals surface area contributed by atoms with Gasteiger partial charge in [-0.25, -0.2) is 4.79 Å². The summed E-state index contributed by atoms with van der Waals surface area (Å²) in [6.07, 6.45) is 1.65. The maximum atomic E-state index is 11.2. The highest BCUT2D eigenvalue weighted by atomic mass is 16.2. The number of urea groups is 1. The van der Waals surface area contributed by atoms with Crippen molar-refractivity contribution < 1.29 is 9.59 Å². The SMILES string of the molecule is CC(=O)c1ccc(-c2cc(NC(N)=O)ccc2C)cn1. The molecule has 0 aliphatic rings.